The van der Waals surface area contributed by atoms with E-state index < -0.39 is 19.6 Å². The second kappa shape index (κ2) is 11.8. The number of hydrogen-bond acceptors (Lipinski definition) is 8. The van der Waals surface area contributed by atoms with E-state index in [1.807, 2.05) is 49.7 Å². The van der Waals surface area contributed by atoms with Crippen LogP contribution in [0.2, 0.25) is 25.7 Å². The molecular formula is C31H38N4O7Si. The summed E-state index contributed by atoms with van der Waals surface area (Å²) in [5.74, 6) is 0.192. The molecule has 5 rings (SSSR count). The van der Waals surface area contributed by atoms with Crippen molar-refractivity contribution < 1.29 is 33.4 Å². The van der Waals surface area contributed by atoms with E-state index in [4.69, 9.17) is 18.7 Å². The fraction of sp³-hybridized carbons (Fsp3) is 0.419. The van der Waals surface area contributed by atoms with E-state index in [1.165, 1.54) is 6.07 Å². The van der Waals surface area contributed by atoms with Crippen molar-refractivity contribution in [2.45, 2.75) is 71.8 Å². The summed E-state index contributed by atoms with van der Waals surface area (Å²) in [6.45, 7) is 14.3. The lowest BCUT2D eigenvalue weighted by Crippen LogP contribution is -2.39. The standard InChI is InChI=1S/C31H38N4O7Si/c1-31(2,3)41-30(38)34-12-10-20-7-8-22(15-21(20)17-34)40-25-9-11-32-28-27(25)23(26-16-24(29(36)37)33-42-26)18-35(28)19-39-13-14-43(4,5)6/h7-9,11,15-16,18H,10,12-14,17,19H2,1-6H3,(H,36,37). The van der Waals surface area contributed by atoms with E-state index in [1.54, 1.807) is 17.2 Å². The van der Waals surface area contributed by atoms with Crippen LogP contribution in [0.1, 0.15) is 42.4 Å². The van der Waals surface area contributed by atoms with E-state index in [2.05, 4.69) is 29.8 Å². The van der Waals surface area contributed by atoms with Gasteiger partial charge in [0.2, 0.25) is 0 Å². The summed E-state index contributed by atoms with van der Waals surface area (Å²) in [6, 6.07) is 10.0. The van der Waals surface area contributed by atoms with Crippen LogP contribution in [0.15, 0.2) is 47.2 Å². The van der Waals surface area contributed by atoms with Gasteiger partial charge in [-0.05, 0) is 62.6 Å². The number of benzene rings is 1. The molecule has 4 heterocycles. The molecule has 0 aliphatic carbocycles. The first kappa shape index (κ1) is 30.3. The molecule has 3 aromatic heterocycles. The average Bonchev–Trinajstić information content (AvgIpc) is 3.55. The summed E-state index contributed by atoms with van der Waals surface area (Å²) in [6.07, 6.45) is 3.85. The van der Waals surface area contributed by atoms with Gasteiger partial charge in [-0.3, -0.25) is 0 Å². The maximum Gasteiger partial charge on any atom is 0.410 e. The largest absolute Gasteiger partial charge is 0.476 e. The molecular weight excluding hydrogens is 568 g/mol. The van der Waals surface area contributed by atoms with Crippen LogP contribution in [0.4, 0.5) is 4.79 Å². The lowest BCUT2D eigenvalue weighted by Gasteiger charge is -2.31. The Kier molecular flexibility index (Phi) is 8.35. The molecule has 1 aromatic carbocycles. The van der Waals surface area contributed by atoms with Crippen LogP contribution in [-0.2, 0) is 29.2 Å². The molecule has 0 spiro atoms. The van der Waals surface area contributed by atoms with Crippen LogP contribution >= 0.6 is 0 Å². The number of hydrogen-bond donors (Lipinski definition) is 1. The molecule has 43 heavy (non-hydrogen) atoms. The Morgan fingerprint density at radius 2 is 1.91 bits per heavy atom. The van der Waals surface area contributed by atoms with Gasteiger partial charge >= 0.3 is 12.1 Å². The third-order valence-electron chi connectivity index (χ3n) is 7.01. The number of pyridine rings is 1. The zero-order chi connectivity index (χ0) is 30.9. The van der Waals surface area contributed by atoms with E-state index in [0.717, 1.165) is 23.6 Å². The molecule has 228 valence electrons. The van der Waals surface area contributed by atoms with Crippen molar-refractivity contribution in [2.75, 3.05) is 13.2 Å². The lowest BCUT2D eigenvalue weighted by molar-refractivity contribution is 0.0223. The maximum atomic E-state index is 12.7. The van der Waals surface area contributed by atoms with Crippen molar-refractivity contribution >= 4 is 31.2 Å². The first-order valence-electron chi connectivity index (χ1n) is 14.3. The van der Waals surface area contributed by atoms with Crippen LogP contribution in [0.25, 0.3) is 22.4 Å². The molecule has 1 aliphatic rings. The Labute approximate surface area is 251 Å². The highest BCUT2D eigenvalue weighted by Crippen LogP contribution is 2.39. The Morgan fingerprint density at radius 1 is 1.12 bits per heavy atom. The second-order valence-corrected chi connectivity index (χ2v) is 18.6. The topological polar surface area (TPSA) is 129 Å². The molecule has 4 aromatic rings. The smallest absolute Gasteiger partial charge is 0.410 e. The molecule has 0 saturated heterocycles. The number of nitrogens with zero attached hydrogens (tertiary/aromatic N) is 4. The normalized spacial score (nSPS) is 13.7. The van der Waals surface area contributed by atoms with Crippen LogP contribution in [0.3, 0.4) is 0 Å². The first-order chi connectivity index (χ1) is 20.3. The molecule has 12 heteroatoms. The number of carbonyl (C=O) groups excluding carboxylic acids is 1. The summed E-state index contributed by atoms with van der Waals surface area (Å²) >= 11 is 0. The molecule has 1 N–H and O–H groups in total. The molecule has 0 saturated carbocycles. The third kappa shape index (κ3) is 7.26. The summed E-state index contributed by atoms with van der Waals surface area (Å²) in [7, 11) is -1.27. The zero-order valence-electron chi connectivity index (χ0n) is 25.5. The number of fused-ring (bicyclic) bond motifs is 2. The fourth-order valence-corrected chi connectivity index (χ4v) is 5.56. The van der Waals surface area contributed by atoms with Crippen LogP contribution in [0, 0.1) is 0 Å². The molecule has 0 bridgehead atoms. The summed E-state index contributed by atoms with van der Waals surface area (Å²) in [4.78, 5) is 30.5. The Morgan fingerprint density at radius 3 is 2.60 bits per heavy atom. The van der Waals surface area contributed by atoms with Gasteiger partial charge < -0.3 is 33.3 Å². The Balaban J connectivity index is 1.46. The molecule has 11 nitrogen and oxygen atoms in total. The number of aromatic nitrogens is 3. The Bertz CT molecular complexity index is 1650. The van der Waals surface area contributed by atoms with Crippen molar-refractivity contribution in [3.8, 4) is 22.8 Å². The highest BCUT2D eigenvalue weighted by atomic mass is 28.3. The van der Waals surface area contributed by atoms with Gasteiger partial charge in [-0.15, -0.1) is 0 Å². The SMILES string of the molecule is CC(C)(C)OC(=O)N1CCc2ccc(Oc3ccnc4c3c(-c3cc(C(=O)O)no3)cn4COCC[Si](C)(C)C)cc2C1. The number of ether oxygens (including phenoxy) is 3. The van der Waals surface area contributed by atoms with E-state index >= 15 is 0 Å². The van der Waals surface area contributed by atoms with Gasteiger partial charge in [-0.2, -0.15) is 0 Å². The number of carbonyl (C=O) groups is 2. The maximum absolute atomic E-state index is 12.7. The number of aromatic carboxylic acids is 1. The molecule has 0 fully saturated rings. The van der Waals surface area contributed by atoms with Gasteiger partial charge in [0.1, 0.15) is 29.5 Å². The van der Waals surface area contributed by atoms with Crippen molar-refractivity contribution in [1.29, 1.82) is 0 Å². The summed E-state index contributed by atoms with van der Waals surface area (Å²) < 4.78 is 25.3. The second-order valence-electron chi connectivity index (χ2n) is 12.9. The minimum absolute atomic E-state index is 0.196. The van der Waals surface area contributed by atoms with E-state index in [9.17, 15) is 14.7 Å². The van der Waals surface area contributed by atoms with Gasteiger partial charge in [-0.1, -0.05) is 30.9 Å². The van der Waals surface area contributed by atoms with Crippen LogP contribution in [-0.4, -0.2) is 63.6 Å². The average molecular weight is 607 g/mol. The molecule has 0 unspecified atom stereocenters. The molecule has 1 amide bonds. The molecule has 1 aliphatic heterocycles. The zero-order valence-corrected chi connectivity index (χ0v) is 26.5. The minimum Gasteiger partial charge on any atom is -0.476 e. The predicted octanol–water partition coefficient (Wildman–Crippen LogP) is 6.79. The summed E-state index contributed by atoms with van der Waals surface area (Å²) in [5, 5.41) is 13.8. The highest BCUT2D eigenvalue weighted by Gasteiger charge is 2.27. The predicted molar refractivity (Wildman–Crippen MR) is 163 cm³/mol. The summed E-state index contributed by atoms with van der Waals surface area (Å²) in [5.41, 5.74) is 2.55. The van der Waals surface area contributed by atoms with Crippen molar-refractivity contribution in [3.05, 3.63) is 59.5 Å². The number of carboxylic acids is 1. The molecule has 0 radical (unpaired) electrons. The fourth-order valence-electron chi connectivity index (χ4n) is 4.81. The number of amides is 1. The number of rotatable bonds is 9. The minimum atomic E-state index is -1.27. The lowest BCUT2D eigenvalue weighted by atomic mass is 10.00. The van der Waals surface area contributed by atoms with E-state index in [0.29, 0.717) is 47.8 Å². The van der Waals surface area contributed by atoms with E-state index in [-0.39, 0.29) is 24.3 Å². The third-order valence-corrected chi connectivity index (χ3v) is 8.71. The first-order valence-corrected chi connectivity index (χ1v) is 18.0. The van der Waals surface area contributed by atoms with Crippen molar-refractivity contribution in [1.82, 2.24) is 19.6 Å². The van der Waals surface area contributed by atoms with Gasteiger partial charge in [-0.25, -0.2) is 14.6 Å². The van der Waals surface area contributed by atoms with Crippen molar-refractivity contribution in [3.63, 3.8) is 0 Å². The van der Waals surface area contributed by atoms with Gasteiger partial charge in [0.15, 0.2) is 11.5 Å². The van der Waals surface area contributed by atoms with Gasteiger partial charge in [0, 0.05) is 46.2 Å². The number of carboxylic acid groups (broad SMARTS) is 1. The quantitative estimate of drug-likeness (QED) is 0.162. The van der Waals surface area contributed by atoms with Gasteiger partial charge in [0.25, 0.3) is 0 Å². The highest BCUT2D eigenvalue weighted by molar-refractivity contribution is 6.76. The van der Waals surface area contributed by atoms with Crippen molar-refractivity contribution in [2.24, 2.45) is 0 Å². The van der Waals surface area contributed by atoms with Crippen LogP contribution < -0.4 is 4.74 Å². The molecule has 0 atom stereocenters. The monoisotopic (exact) mass is 606 g/mol. The van der Waals surface area contributed by atoms with Gasteiger partial charge in [0.05, 0.1) is 10.9 Å². The Hall–Kier alpha value is -4.16. The van der Waals surface area contributed by atoms with Crippen LogP contribution in [0.5, 0.6) is 11.5 Å².